The monoisotopic (exact) mass is 635 g/mol. The van der Waals surface area contributed by atoms with E-state index in [0.717, 1.165) is 11.1 Å². The molecule has 0 spiro atoms. The molecule has 1 heterocycles. The molecule has 0 atom stereocenters. The number of amides is 1. The van der Waals surface area contributed by atoms with Gasteiger partial charge >= 0.3 is 0 Å². The van der Waals surface area contributed by atoms with Crippen LogP contribution in [-0.4, -0.2) is 11.1 Å². The molecule has 0 aliphatic carbocycles. The van der Waals surface area contributed by atoms with E-state index in [1.54, 1.807) is 30.3 Å². The van der Waals surface area contributed by atoms with Crippen molar-refractivity contribution in [2.75, 3.05) is 0 Å². The maximum atomic E-state index is 12.5. The van der Waals surface area contributed by atoms with Gasteiger partial charge in [-0.1, -0.05) is 47.5 Å². The fourth-order valence-corrected chi connectivity index (χ4v) is 5.65. The number of aliphatic imine (C=N–C) groups is 1. The number of thioether (sulfide) groups is 1. The highest BCUT2D eigenvalue weighted by molar-refractivity contribution is 9.11. The lowest BCUT2D eigenvalue weighted by molar-refractivity contribution is -0.115. The summed E-state index contributed by atoms with van der Waals surface area (Å²) in [7, 11) is 0. The third-order valence-electron chi connectivity index (χ3n) is 4.63. The number of carbonyl (C=O) groups is 1. The summed E-state index contributed by atoms with van der Waals surface area (Å²) in [6.07, 6.45) is 1.76. The van der Waals surface area contributed by atoms with Gasteiger partial charge in [0.25, 0.3) is 5.91 Å². The van der Waals surface area contributed by atoms with Crippen LogP contribution in [0.4, 0.5) is 5.69 Å². The number of ether oxygens (including phenoxy) is 1. The van der Waals surface area contributed by atoms with E-state index < -0.39 is 0 Å². The first-order valence-electron chi connectivity index (χ1n) is 9.69. The SMILES string of the molecule is N#Cc1ccccc1COc1c(Br)cc(C=C2SC(=Nc3cccc(Cl)c3Cl)NC2=O)cc1Br. The van der Waals surface area contributed by atoms with Crippen molar-refractivity contribution in [3.63, 3.8) is 0 Å². The molecule has 34 heavy (non-hydrogen) atoms. The van der Waals surface area contributed by atoms with Gasteiger partial charge in [-0.05, 0) is 85.6 Å². The van der Waals surface area contributed by atoms with Crippen molar-refractivity contribution in [1.82, 2.24) is 5.32 Å². The number of benzene rings is 3. The molecule has 5 nitrogen and oxygen atoms in total. The van der Waals surface area contributed by atoms with Crippen molar-refractivity contribution in [2.24, 2.45) is 4.99 Å². The molecule has 4 rings (SSSR count). The first-order chi connectivity index (χ1) is 16.4. The minimum atomic E-state index is -0.261. The van der Waals surface area contributed by atoms with E-state index >= 15 is 0 Å². The van der Waals surface area contributed by atoms with Gasteiger partial charge in [0.05, 0.1) is 41.2 Å². The number of rotatable bonds is 5. The Bertz CT molecular complexity index is 1380. The van der Waals surface area contributed by atoms with E-state index in [9.17, 15) is 10.1 Å². The molecule has 170 valence electrons. The van der Waals surface area contributed by atoms with Crippen LogP contribution in [0.15, 0.2) is 73.4 Å². The van der Waals surface area contributed by atoms with Crippen LogP contribution in [0.2, 0.25) is 10.0 Å². The summed E-state index contributed by atoms with van der Waals surface area (Å²) in [5, 5.41) is 13.1. The highest BCUT2D eigenvalue weighted by atomic mass is 79.9. The summed E-state index contributed by atoms with van der Waals surface area (Å²) in [6, 6.07) is 18.3. The number of nitriles is 1. The second kappa shape index (κ2) is 11.0. The van der Waals surface area contributed by atoms with E-state index in [2.05, 4.69) is 48.2 Å². The molecular weight excluding hydrogens is 625 g/mol. The van der Waals surface area contributed by atoms with Crippen LogP contribution < -0.4 is 10.1 Å². The van der Waals surface area contributed by atoms with Gasteiger partial charge in [-0.2, -0.15) is 5.26 Å². The Morgan fingerprint density at radius 3 is 2.59 bits per heavy atom. The first kappa shape index (κ1) is 24.8. The van der Waals surface area contributed by atoms with Gasteiger partial charge < -0.3 is 10.1 Å². The minimum absolute atomic E-state index is 0.242. The van der Waals surface area contributed by atoms with Gasteiger partial charge in [0.15, 0.2) is 5.17 Å². The van der Waals surface area contributed by atoms with Gasteiger partial charge in [0.2, 0.25) is 0 Å². The van der Waals surface area contributed by atoms with Gasteiger partial charge in [-0.15, -0.1) is 0 Å². The minimum Gasteiger partial charge on any atom is -0.486 e. The quantitative estimate of drug-likeness (QED) is 0.289. The summed E-state index contributed by atoms with van der Waals surface area (Å²) in [5.41, 5.74) is 2.61. The van der Waals surface area contributed by atoms with Gasteiger partial charge in [0.1, 0.15) is 12.4 Å². The third kappa shape index (κ3) is 5.68. The molecule has 10 heteroatoms. The third-order valence-corrected chi connectivity index (χ3v) is 7.53. The molecule has 0 aromatic heterocycles. The van der Waals surface area contributed by atoms with Crippen LogP contribution in [0.5, 0.6) is 5.75 Å². The van der Waals surface area contributed by atoms with E-state index in [1.165, 1.54) is 11.8 Å². The zero-order valence-corrected chi connectivity index (χ0v) is 22.6. The maximum absolute atomic E-state index is 12.5. The summed E-state index contributed by atoms with van der Waals surface area (Å²) < 4.78 is 7.35. The number of halogens is 4. The number of hydrogen-bond donors (Lipinski definition) is 1. The maximum Gasteiger partial charge on any atom is 0.264 e. The van der Waals surface area contributed by atoms with E-state index in [0.29, 0.717) is 46.1 Å². The van der Waals surface area contributed by atoms with Crippen LogP contribution in [0.1, 0.15) is 16.7 Å². The largest absolute Gasteiger partial charge is 0.486 e. The summed E-state index contributed by atoms with van der Waals surface area (Å²) in [5.74, 6) is 0.332. The van der Waals surface area contributed by atoms with Crippen LogP contribution in [0.3, 0.4) is 0 Å². The van der Waals surface area contributed by atoms with Crippen molar-refractivity contribution in [1.29, 1.82) is 5.26 Å². The first-order valence-corrected chi connectivity index (χ1v) is 12.8. The van der Waals surface area contributed by atoms with Crippen molar-refractivity contribution in [3.05, 3.63) is 95.2 Å². The molecule has 0 radical (unpaired) electrons. The average molecular weight is 638 g/mol. The Morgan fingerprint density at radius 1 is 1.12 bits per heavy atom. The summed E-state index contributed by atoms with van der Waals surface area (Å²) in [4.78, 5) is 17.4. The number of amidine groups is 1. The Balaban J connectivity index is 1.53. The highest BCUT2D eigenvalue weighted by Crippen LogP contribution is 2.38. The Labute approximate surface area is 227 Å². The molecule has 1 saturated heterocycles. The standard InChI is InChI=1S/C24H13Br2Cl2N3O2S/c25-16-8-13(9-17(26)22(16)33-12-15-5-2-1-4-14(15)11-29)10-20-23(32)31-24(34-20)30-19-7-3-6-18(27)21(19)28/h1-10H,12H2,(H,30,31,32). The second-order valence-electron chi connectivity index (χ2n) is 6.93. The van der Waals surface area contributed by atoms with Crippen molar-refractivity contribution >= 4 is 89.7 Å². The molecule has 1 N–H and O–H groups in total. The lowest BCUT2D eigenvalue weighted by Gasteiger charge is -2.12. The lowest BCUT2D eigenvalue weighted by atomic mass is 10.1. The highest BCUT2D eigenvalue weighted by Gasteiger charge is 2.24. The second-order valence-corrected chi connectivity index (χ2v) is 10.5. The van der Waals surface area contributed by atoms with Gasteiger partial charge in [0, 0.05) is 5.56 Å². The number of nitrogens with zero attached hydrogens (tertiary/aromatic N) is 2. The van der Waals surface area contributed by atoms with Crippen LogP contribution in [0.25, 0.3) is 6.08 Å². The molecule has 3 aromatic rings. The smallest absolute Gasteiger partial charge is 0.264 e. The summed E-state index contributed by atoms with van der Waals surface area (Å²) in [6.45, 7) is 0.242. The molecule has 1 fully saturated rings. The fraction of sp³-hybridized carbons (Fsp3) is 0.0417. The van der Waals surface area contributed by atoms with Crippen molar-refractivity contribution < 1.29 is 9.53 Å². The zero-order chi connectivity index (χ0) is 24.2. The van der Waals surface area contributed by atoms with Crippen molar-refractivity contribution in [3.8, 4) is 11.8 Å². The van der Waals surface area contributed by atoms with Crippen LogP contribution in [0, 0.1) is 11.3 Å². The Kier molecular flexibility index (Phi) is 8.02. The van der Waals surface area contributed by atoms with E-state index in [4.69, 9.17) is 27.9 Å². The predicted molar refractivity (Wildman–Crippen MR) is 145 cm³/mol. The molecule has 1 amide bonds. The predicted octanol–water partition coefficient (Wildman–Crippen LogP) is 7.86. The number of nitrogens with one attached hydrogen (secondary N) is 1. The van der Waals surface area contributed by atoms with E-state index in [1.807, 2.05) is 30.3 Å². The van der Waals surface area contributed by atoms with Crippen molar-refractivity contribution in [2.45, 2.75) is 6.61 Å². The number of carbonyl (C=O) groups excluding carboxylic acids is 1. The van der Waals surface area contributed by atoms with Gasteiger partial charge in [-0.25, -0.2) is 4.99 Å². The lowest BCUT2D eigenvalue weighted by Crippen LogP contribution is -2.19. The molecule has 3 aromatic carbocycles. The van der Waals surface area contributed by atoms with Crippen LogP contribution >= 0.6 is 66.8 Å². The molecule has 1 aliphatic heterocycles. The molecule has 0 saturated carbocycles. The molecule has 0 unspecified atom stereocenters. The zero-order valence-electron chi connectivity index (χ0n) is 17.1. The number of hydrogen-bond acceptors (Lipinski definition) is 5. The average Bonchev–Trinajstić information content (AvgIpc) is 3.15. The summed E-state index contributed by atoms with van der Waals surface area (Å²) >= 11 is 20.5. The molecular formula is C24H13Br2Cl2N3O2S. The fourth-order valence-electron chi connectivity index (χ4n) is 3.03. The topological polar surface area (TPSA) is 74.5 Å². The Morgan fingerprint density at radius 2 is 1.85 bits per heavy atom. The molecule has 0 bridgehead atoms. The van der Waals surface area contributed by atoms with E-state index in [-0.39, 0.29) is 12.5 Å². The van der Waals surface area contributed by atoms with Gasteiger partial charge in [-0.3, -0.25) is 4.79 Å². The van der Waals surface area contributed by atoms with Crippen LogP contribution in [-0.2, 0) is 11.4 Å². The Hall–Kier alpha value is -2.28. The molecule has 1 aliphatic rings. The normalized spacial score (nSPS) is 15.4.